The maximum atomic E-state index is 12.3. The van der Waals surface area contributed by atoms with Gasteiger partial charge in [-0.1, -0.05) is 18.2 Å². The molecule has 1 spiro atoms. The predicted octanol–water partition coefficient (Wildman–Crippen LogP) is 2.03. The molecule has 0 N–H and O–H groups in total. The van der Waals surface area contributed by atoms with Gasteiger partial charge in [-0.15, -0.1) is 0 Å². The molecule has 1 aromatic rings. The third kappa shape index (κ3) is 3.68. The Kier molecular flexibility index (Phi) is 4.83. The second-order valence-corrected chi connectivity index (χ2v) is 9.06. The molecule has 2 heterocycles. The van der Waals surface area contributed by atoms with Crippen LogP contribution in [0.4, 0.5) is 0 Å². The van der Waals surface area contributed by atoms with Crippen molar-refractivity contribution in [2.45, 2.75) is 13.3 Å². The molecule has 3 rings (SSSR count). The molecule has 2 aliphatic heterocycles. The molecule has 0 radical (unpaired) electrons. The van der Waals surface area contributed by atoms with Gasteiger partial charge < -0.3 is 9.64 Å². The van der Waals surface area contributed by atoms with Crippen LogP contribution in [0.25, 0.3) is 0 Å². The van der Waals surface area contributed by atoms with Crippen molar-refractivity contribution < 1.29 is 17.9 Å². The molecule has 2 aliphatic rings. The Morgan fingerprint density at radius 2 is 2.12 bits per heavy atom. The van der Waals surface area contributed by atoms with Crippen LogP contribution < -0.4 is 4.74 Å². The smallest absolute Gasteiger partial charge is 0.260 e. The molecular weight excluding hydrogens is 364 g/mol. The Labute approximate surface area is 153 Å². The fourth-order valence-corrected chi connectivity index (χ4v) is 4.66. The van der Waals surface area contributed by atoms with E-state index in [2.05, 4.69) is 6.58 Å². The van der Waals surface area contributed by atoms with Crippen molar-refractivity contribution in [1.29, 1.82) is 0 Å². The minimum atomic E-state index is -3.38. The van der Waals surface area contributed by atoms with Gasteiger partial charge in [0, 0.05) is 42.0 Å². The molecule has 136 valence electrons. The van der Waals surface area contributed by atoms with Gasteiger partial charge in [-0.25, -0.2) is 8.42 Å². The van der Waals surface area contributed by atoms with Crippen LogP contribution >= 0.6 is 11.6 Å². The van der Waals surface area contributed by atoms with Gasteiger partial charge in [-0.2, -0.15) is 4.31 Å². The lowest BCUT2D eigenvalue weighted by Gasteiger charge is -2.47. The number of ether oxygens (including phenoxy) is 1. The van der Waals surface area contributed by atoms with Crippen molar-refractivity contribution in [3.05, 3.63) is 40.8 Å². The van der Waals surface area contributed by atoms with Gasteiger partial charge in [0.05, 0.1) is 0 Å². The molecule has 8 heteroatoms. The van der Waals surface area contributed by atoms with Crippen LogP contribution in [-0.4, -0.2) is 56.3 Å². The number of hydrogen-bond acceptors (Lipinski definition) is 4. The summed E-state index contributed by atoms with van der Waals surface area (Å²) in [4.78, 5) is 14.0. The zero-order valence-electron chi connectivity index (χ0n) is 14.1. The van der Waals surface area contributed by atoms with E-state index in [1.807, 2.05) is 6.92 Å². The van der Waals surface area contributed by atoms with E-state index in [9.17, 15) is 13.2 Å². The molecule has 0 aliphatic carbocycles. The first-order valence-electron chi connectivity index (χ1n) is 8.04. The molecule has 0 saturated carbocycles. The number of benzene rings is 1. The molecule has 6 nitrogen and oxygen atoms in total. The van der Waals surface area contributed by atoms with E-state index in [-0.39, 0.29) is 17.9 Å². The fourth-order valence-electron chi connectivity index (χ4n) is 3.42. The van der Waals surface area contributed by atoms with Gasteiger partial charge in [0.1, 0.15) is 5.75 Å². The summed E-state index contributed by atoms with van der Waals surface area (Å²) in [5.41, 5.74) is 0.753. The van der Waals surface area contributed by atoms with Crippen LogP contribution in [0.15, 0.2) is 30.2 Å². The van der Waals surface area contributed by atoms with Crippen LogP contribution in [0.3, 0.4) is 0 Å². The number of halogens is 1. The van der Waals surface area contributed by atoms with E-state index in [1.165, 1.54) is 4.31 Å². The van der Waals surface area contributed by atoms with Gasteiger partial charge in [0.2, 0.25) is 10.0 Å². The lowest BCUT2D eigenvalue weighted by molar-refractivity contribution is -0.144. The first-order valence-corrected chi connectivity index (χ1v) is 9.92. The van der Waals surface area contributed by atoms with Crippen molar-refractivity contribution in [3.8, 4) is 5.75 Å². The maximum absolute atomic E-state index is 12.3. The predicted molar refractivity (Wildman–Crippen MR) is 96.0 cm³/mol. The van der Waals surface area contributed by atoms with E-state index in [0.717, 1.165) is 17.4 Å². The lowest BCUT2D eigenvalue weighted by Crippen LogP contribution is -2.60. The largest absolute Gasteiger partial charge is 0.483 e. The van der Waals surface area contributed by atoms with Crippen LogP contribution in [0.2, 0.25) is 5.02 Å². The molecule has 1 amide bonds. The Morgan fingerprint density at radius 1 is 1.40 bits per heavy atom. The van der Waals surface area contributed by atoms with Crippen molar-refractivity contribution in [2.24, 2.45) is 5.41 Å². The normalized spacial score (nSPS) is 19.7. The maximum Gasteiger partial charge on any atom is 0.260 e. The summed E-state index contributed by atoms with van der Waals surface area (Å²) in [6, 6.07) is 5.25. The van der Waals surface area contributed by atoms with E-state index in [4.69, 9.17) is 16.3 Å². The summed E-state index contributed by atoms with van der Waals surface area (Å²) >= 11 is 5.90. The van der Waals surface area contributed by atoms with E-state index in [0.29, 0.717) is 37.0 Å². The number of rotatable bonds is 5. The number of likely N-dealkylation sites (tertiary alicyclic amines) is 1. The Hall–Kier alpha value is -1.57. The van der Waals surface area contributed by atoms with Crippen LogP contribution in [0.1, 0.15) is 12.0 Å². The van der Waals surface area contributed by atoms with E-state index >= 15 is 0 Å². The summed E-state index contributed by atoms with van der Waals surface area (Å²) < 4.78 is 30.7. The number of amides is 1. The quantitative estimate of drug-likeness (QED) is 0.779. The zero-order chi connectivity index (χ0) is 18.2. The van der Waals surface area contributed by atoms with Gasteiger partial charge in [0.15, 0.2) is 6.61 Å². The number of carbonyl (C=O) groups excluding carboxylic acids is 1. The summed E-state index contributed by atoms with van der Waals surface area (Å²) in [6.07, 6.45) is 0.765. The van der Waals surface area contributed by atoms with Crippen molar-refractivity contribution >= 4 is 27.5 Å². The second kappa shape index (κ2) is 6.63. The zero-order valence-corrected chi connectivity index (χ0v) is 15.6. The first-order chi connectivity index (χ1) is 11.7. The second-order valence-electron chi connectivity index (χ2n) is 6.74. The van der Waals surface area contributed by atoms with Crippen LogP contribution in [0.5, 0.6) is 5.75 Å². The summed E-state index contributed by atoms with van der Waals surface area (Å²) in [5, 5.41) is 1.61. The highest BCUT2D eigenvalue weighted by Crippen LogP contribution is 2.40. The molecule has 0 unspecified atom stereocenters. The number of hydrogen-bond donors (Lipinski definition) is 0. The number of carbonyl (C=O) groups is 1. The highest BCUT2D eigenvalue weighted by Gasteiger charge is 2.51. The number of sulfonamides is 1. The average molecular weight is 385 g/mol. The van der Waals surface area contributed by atoms with Crippen molar-refractivity contribution in [1.82, 2.24) is 9.21 Å². The summed E-state index contributed by atoms with van der Waals surface area (Å²) in [5.74, 6) is 0.544. The van der Waals surface area contributed by atoms with Crippen LogP contribution in [0, 0.1) is 12.3 Å². The molecule has 0 aromatic heterocycles. The standard InChI is InChI=1S/C17H21ClN2O4S/c1-3-25(22,23)20-7-6-17(12-20)10-19(11-17)16(21)9-24-15-5-4-14(18)8-13(15)2/h3-5,8H,1,6-7,9-12H2,2H3. The van der Waals surface area contributed by atoms with Crippen molar-refractivity contribution in [3.63, 3.8) is 0 Å². The fraction of sp³-hybridized carbons (Fsp3) is 0.471. The topological polar surface area (TPSA) is 66.9 Å². The Morgan fingerprint density at radius 3 is 2.76 bits per heavy atom. The minimum absolute atomic E-state index is 0.0345. The first kappa shape index (κ1) is 18.2. The highest BCUT2D eigenvalue weighted by atomic mass is 35.5. The van der Waals surface area contributed by atoms with E-state index < -0.39 is 10.0 Å². The molecule has 25 heavy (non-hydrogen) atoms. The minimum Gasteiger partial charge on any atom is -0.483 e. The highest BCUT2D eigenvalue weighted by molar-refractivity contribution is 7.92. The van der Waals surface area contributed by atoms with Gasteiger partial charge in [-0.3, -0.25) is 4.79 Å². The Bertz CT molecular complexity index is 803. The summed E-state index contributed by atoms with van der Waals surface area (Å²) in [6.45, 7) is 7.26. The Balaban J connectivity index is 1.51. The molecule has 0 atom stereocenters. The third-order valence-electron chi connectivity index (χ3n) is 4.87. The lowest BCUT2D eigenvalue weighted by atomic mass is 9.79. The number of nitrogens with zero attached hydrogens (tertiary/aromatic N) is 2. The third-order valence-corrected chi connectivity index (χ3v) is 6.55. The van der Waals surface area contributed by atoms with Gasteiger partial charge in [-0.05, 0) is 37.1 Å². The van der Waals surface area contributed by atoms with Crippen molar-refractivity contribution in [2.75, 3.05) is 32.8 Å². The molecule has 2 fully saturated rings. The number of aryl methyl sites for hydroxylation is 1. The van der Waals surface area contributed by atoms with Crippen LogP contribution in [-0.2, 0) is 14.8 Å². The molecular formula is C17H21ClN2O4S. The molecule has 0 bridgehead atoms. The van der Waals surface area contributed by atoms with Gasteiger partial charge in [0.25, 0.3) is 5.91 Å². The van der Waals surface area contributed by atoms with E-state index in [1.54, 1.807) is 23.1 Å². The van der Waals surface area contributed by atoms with Gasteiger partial charge >= 0.3 is 0 Å². The molecule has 2 saturated heterocycles. The SMILES string of the molecule is C=CS(=O)(=O)N1CCC2(CN(C(=O)COc3ccc(Cl)cc3C)C2)C1. The monoisotopic (exact) mass is 384 g/mol. The molecule has 1 aromatic carbocycles. The average Bonchev–Trinajstić information content (AvgIpc) is 2.99. The summed E-state index contributed by atoms with van der Waals surface area (Å²) in [7, 11) is -3.38.